The van der Waals surface area contributed by atoms with E-state index in [0.717, 1.165) is 36.4 Å². The summed E-state index contributed by atoms with van der Waals surface area (Å²) < 4.78 is 111. The number of aromatic carboxylic acids is 1. The molecule has 7 aromatic rings. The van der Waals surface area contributed by atoms with E-state index in [1.165, 1.54) is 67.8 Å². The van der Waals surface area contributed by atoms with Gasteiger partial charge in [0.1, 0.15) is 48.2 Å². The largest absolute Gasteiger partial charge is 1.00 e. The molecule has 69 heavy (non-hydrogen) atoms. The number of nitrogens with zero attached hydrogens (tertiary/aromatic N) is 8. The van der Waals surface area contributed by atoms with Crippen molar-refractivity contribution in [3.8, 4) is 23.1 Å². The number of carbonyl (C=O) groups is 1. The van der Waals surface area contributed by atoms with Crippen LogP contribution in [0.2, 0.25) is 0 Å². The second-order valence-corrected chi connectivity index (χ2v) is 18.1. The van der Waals surface area contributed by atoms with Crippen molar-refractivity contribution in [1.82, 2.24) is 9.78 Å². The molecule has 0 amide bonds. The van der Waals surface area contributed by atoms with Crippen LogP contribution in [0, 0.1) is 0 Å². The first-order valence-electron chi connectivity index (χ1n) is 17.7. The van der Waals surface area contributed by atoms with Crippen molar-refractivity contribution in [1.29, 1.82) is 0 Å². The molecule has 0 saturated carbocycles. The van der Waals surface area contributed by atoms with Gasteiger partial charge < -0.3 is 48.1 Å². The number of benzene rings is 6. The summed E-state index contributed by atoms with van der Waals surface area (Å²) in [5.41, 5.74) is -1.82. The van der Waals surface area contributed by atoms with Crippen LogP contribution in [-0.4, -0.2) is 77.8 Å². The first-order valence-corrected chi connectivity index (χ1v) is 22.7. The van der Waals surface area contributed by atoms with Gasteiger partial charge in [-0.3, -0.25) is 5.04 Å². The van der Waals surface area contributed by atoms with E-state index in [9.17, 15) is 65.0 Å². The van der Waals surface area contributed by atoms with Crippen LogP contribution in [0.3, 0.4) is 0 Å². The number of aromatic hydroxyl groups is 2. The van der Waals surface area contributed by atoms with Crippen molar-refractivity contribution < 1.29 is 168 Å². The van der Waals surface area contributed by atoms with Crippen LogP contribution in [0.25, 0.3) is 27.2 Å². The van der Waals surface area contributed by atoms with Crippen LogP contribution in [-0.2, 0) is 29.6 Å². The Hall–Kier alpha value is -4.00. The van der Waals surface area contributed by atoms with Gasteiger partial charge in [-0.15, -0.1) is 15.3 Å². The molecular formula is C37H25N8Na3O17S4. The Morgan fingerprint density at radius 2 is 1.25 bits per heavy atom. The van der Waals surface area contributed by atoms with Gasteiger partial charge in [0.05, 0.1) is 56.6 Å². The number of phenols is 1. The van der Waals surface area contributed by atoms with E-state index < -0.39 is 80.5 Å². The maximum Gasteiger partial charge on any atom is 1.00 e. The van der Waals surface area contributed by atoms with E-state index in [0.29, 0.717) is 22.1 Å². The minimum atomic E-state index is -5.01. The maximum absolute atomic E-state index is 12.1. The predicted octanol–water partition coefficient (Wildman–Crippen LogP) is -0.824. The molecular weight excluding hydrogens is 1030 g/mol. The molecule has 0 radical (unpaired) electrons. The molecule has 0 saturated heterocycles. The molecule has 25 nitrogen and oxygen atoms in total. The third-order valence-electron chi connectivity index (χ3n) is 9.01. The number of phenolic OH excluding ortho intramolecular Hbond substituents is 1. The monoisotopic (exact) mass is 1050 g/mol. The molecule has 7 rings (SSSR count). The summed E-state index contributed by atoms with van der Waals surface area (Å²) in [5.74, 6) is -3.18. The summed E-state index contributed by atoms with van der Waals surface area (Å²) in [6.45, 7) is 0. The van der Waals surface area contributed by atoms with Crippen molar-refractivity contribution in [2.45, 2.75) is 19.6 Å². The third kappa shape index (κ3) is 13.3. The number of carboxylic acids is 1. The molecule has 1 heterocycles. The van der Waals surface area contributed by atoms with Crippen molar-refractivity contribution in [2.75, 3.05) is 7.11 Å². The quantitative estimate of drug-likeness (QED) is 0.0182. The van der Waals surface area contributed by atoms with Gasteiger partial charge in [-0.2, -0.15) is 29.5 Å². The Kier molecular flexibility index (Phi) is 19.6. The van der Waals surface area contributed by atoms with Crippen LogP contribution in [0.1, 0.15) is 10.5 Å². The van der Waals surface area contributed by atoms with Gasteiger partial charge in [0, 0.05) is 21.7 Å². The topological polar surface area (TPSA) is 396 Å². The van der Waals surface area contributed by atoms with Crippen LogP contribution < -0.4 is 98.7 Å². The SMILES string of the molecule is COc1cc(N=Nc2ccc3cc(SOO[O-])cc(S(=O)(=O)[O-])c3c2)ccc1N=Nc1c(S(O)(O)O)cc2ccc(N=Nc3c(C(=O)O)nn(-c4ccc(S(=O)(=O)[O-])cc4)c3O)cc2c1O.[Na+].[Na+].[Na+]. The van der Waals surface area contributed by atoms with Gasteiger partial charge in [-0.1, -0.05) is 12.1 Å². The number of aromatic nitrogens is 2. The average molecular weight is 1050 g/mol. The number of methoxy groups -OCH3 is 1. The van der Waals surface area contributed by atoms with Crippen molar-refractivity contribution in [2.24, 2.45) is 30.7 Å². The number of hydrogen-bond donors (Lipinski definition) is 6. The summed E-state index contributed by atoms with van der Waals surface area (Å²) in [4.78, 5) is 10.3. The Bertz CT molecular complexity index is 3420. The van der Waals surface area contributed by atoms with Gasteiger partial charge in [0.25, 0.3) is 0 Å². The van der Waals surface area contributed by atoms with E-state index in [4.69, 9.17) is 4.74 Å². The van der Waals surface area contributed by atoms with Gasteiger partial charge in [0.15, 0.2) is 11.4 Å². The average Bonchev–Trinajstić information content (AvgIpc) is 3.61. The Morgan fingerprint density at radius 1 is 0.681 bits per heavy atom. The molecule has 1 aromatic heterocycles. The fourth-order valence-corrected chi connectivity index (χ4v) is 8.45. The van der Waals surface area contributed by atoms with Crippen molar-refractivity contribution >= 4 is 105 Å². The third-order valence-corrected chi connectivity index (χ3v) is 12.2. The van der Waals surface area contributed by atoms with Crippen LogP contribution >= 0.6 is 22.9 Å². The second kappa shape index (κ2) is 23.5. The standard InChI is InChI=1S/C37H28N8O17S4.3Na/c1-60-29-16-22(39-38-20-4-2-18-12-24(63-62-61-50)17-30(26(18)14-20)65(54,55)56)6-11-28(29)41-42-32-31(66(57,58)59)13-19-3-5-21(15-27(19)35(32)46)40-43-33-34(37(48)49)44-45(36(33)47)23-7-9-25(10-8-23)64(51,52)53;;;/h2-17,46-47,50,57-59H,1H3,(H,48,49)(H,51,52,53)(H,54,55,56);;;/q;3*+1/p-3. The second-order valence-electron chi connectivity index (χ2n) is 13.1. The maximum atomic E-state index is 12.1. The van der Waals surface area contributed by atoms with Gasteiger partial charge in [-0.05, 0) is 89.6 Å². The molecule has 0 aliphatic carbocycles. The molecule has 32 heteroatoms. The molecule has 6 N–H and O–H groups in total. The van der Waals surface area contributed by atoms with E-state index >= 15 is 0 Å². The molecule has 0 unspecified atom stereocenters. The summed E-state index contributed by atoms with van der Waals surface area (Å²) >= 11 is 0.394. The smallest absolute Gasteiger partial charge is 0.744 e. The predicted molar refractivity (Wildman–Crippen MR) is 225 cm³/mol. The Labute approximate surface area is 460 Å². The molecule has 0 bridgehead atoms. The summed E-state index contributed by atoms with van der Waals surface area (Å²) in [5, 5.41) is 73.7. The summed E-state index contributed by atoms with van der Waals surface area (Å²) in [6, 6.07) is 19.7. The van der Waals surface area contributed by atoms with E-state index in [-0.39, 0.29) is 144 Å². The number of azo groups is 3. The van der Waals surface area contributed by atoms with E-state index in [1.807, 2.05) is 0 Å². The van der Waals surface area contributed by atoms with Gasteiger partial charge >= 0.3 is 94.6 Å². The fraction of sp³-hybridized carbons (Fsp3) is 0.0270. The normalized spacial score (nSPS) is 12.3. The van der Waals surface area contributed by atoms with E-state index in [1.54, 1.807) is 0 Å². The zero-order valence-electron chi connectivity index (χ0n) is 35.6. The van der Waals surface area contributed by atoms with Crippen LogP contribution in [0.5, 0.6) is 17.4 Å². The zero-order valence-corrected chi connectivity index (χ0v) is 44.9. The molecule has 0 atom stereocenters. The molecule has 0 spiro atoms. The molecule has 0 fully saturated rings. The molecule has 0 aliphatic heterocycles. The van der Waals surface area contributed by atoms with Gasteiger partial charge in [-0.25, -0.2) is 21.6 Å². The van der Waals surface area contributed by atoms with Crippen LogP contribution in [0.4, 0.5) is 34.1 Å². The van der Waals surface area contributed by atoms with Crippen molar-refractivity contribution in [3.63, 3.8) is 0 Å². The summed E-state index contributed by atoms with van der Waals surface area (Å²) in [6.07, 6.45) is 0. The number of fused-ring (bicyclic) bond motifs is 2. The van der Waals surface area contributed by atoms with E-state index in [2.05, 4.69) is 45.2 Å². The first kappa shape index (κ1) is 57.6. The number of ether oxygens (including phenoxy) is 1. The fourth-order valence-electron chi connectivity index (χ4n) is 6.06. The minimum absolute atomic E-state index is 0. The Morgan fingerprint density at radius 3 is 1.81 bits per heavy atom. The molecule has 342 valence electrons. The number of carboxylic acid groups (broad SMARTS) is 1. The number of hydrogen-bond acceptors (Lipinski definition) is 24. The minimum Gasteiger partial charge on any atom is -0.744 e. The first-order chi connectivity index (χ1) is 31.2. The zero-order chi connectivity index (χ0) is 47.7. The number of rotatable bonds is 15. The summed E-state index contributed by atoms with van der Waals surface area (Å²) in [7, 11) is -13.1. The molecule has 0 aliphatic rings. The van der Waals surface area contributed by atoms with Crippen LogP contribution in [0.15, 0.2) is 147 Å². The van der Waals surface area contributed by atoms with Crippen molar-refractivity contribution in [3.05, 3.63) is 103 Å². The van der Waals surface area contributed by atoms with Gasteiger partial charge in [0.2, 0.25) is 11.6 Å². The Balaban J connectivity index is 0.00000346. The molecule has 6 aromatic carbocycles.